The van der Waals surface area contributed by atoms with Gasteiger partial charge in [0.25, 0.3) is 5.91 Å². The number of rotatable bonds is 6. The molecule has 27 heavy (non-hydrogen) atoms. The number of hydrogen-bond donors (Lipinski definition) is 2. The molecule has 0 saturated heterocycles. The van der Waals surface area contributed by atoms with E-state index in [1.807, 2.05) is 64.1 Å². The van der Waals surface area contributed by atoms with E-state index in [2.05, 4.69) is 0 Å². The van der Waals surface area contributed by atoms with Crippen LogP contribution in [0.25, 0.3) is 11.1 Å². The fourth-order valence-electron chi connectivity index (χ4n) is 3.17. The van der Waals surface area contributed by atoms with Crippen molar-refractivity contribution in [3.8, 4) is 11.1 Å². The molecule has 2 aromatic rings. The van der Waals surface area contributed by atoms with Crippen molar-refractivity contribution in [3.63, 3.8) is 0 Å². The van der Waals surface area contributed by atoms with Crippen molar-refractivity contribution in [3.05, 3.63) is 58.7 Å². The summed E-state index contributed by atoms with van der Waals surface area (Å²) in [7, 11) is -2.74. The van der Waals surface area contributed by atoms with Gasteiger partial charge in [0, 0.05) is 5.56 Å². The molecule has 6 heteroatoms. The molecule has 1 amide bonds. The molecule has 0 fully saturated rings. The van der Waals surface area contributed by atoms with E-state index in [1.54, 1.807) is 0 Å². The Labute approximate surface area is 161 Å². The first-order valence-electron chi connectivity index (χ1n) is 8.81. The molecule has 2 rings (SSSR count). The average molecular weight is 388 g/mol. The third-order valence-corrected chi connectivity index (χ3v) is 5.24. The third-order valence-electron chi connectivity index (χ3n) is 4.50. The topological polar surface area (TPSA) is 97.5 Å². The number of aliphatic hydroxyl groups is 1. The monoisotopic (exact) mass is 387 g/mol. The quantitative estimate of drug-likeness (QED) is 0.588. The Morgan fingerprint density at radius 1 is 1.00 bits per heavy atom. The maximum atomic E-state index is 11.9. The Kier molecular flexibility index (Phi) is 6.57. The lowest BCUT2D eigenvalue weighted by Gasteiger charge is -2.21. The number of primary amides is 1. The fourth-order valence-corrected chi connectivity index (χ4v) is 3.73. The van der Waals surface area contributed by atoms with Crippen LogP contribution in [0.5, 0.6) is 0 Å². The molecule has 0 radical (unpaired) electrons. The highest BCUT2D eigenvalue weighted by Gasteiger charge is 2.24. The average Bonchev–Trinajstić information content (AvgIpc) is 2.60. The Bertz CT molecular complexity index is 968. The Hall–Kier alpha value is -2.44. The molecule has 2 aromatic carbocycles. The zero-order valence-electron chi connectivity index (χ0n) is 16.0. The second-order valence-electron chi connectivity index (χ2n) is 7.13. The fraction of sp³-hybridized carbons (Fsp3) is 0.333. The molecule has 0 saturated carbocycles. The number of hydrogen-bond acceptors (Lipinski definition) is 4. The van der Waals surface area contributed by atoms with Crippen LogP contribution in [0.1, 0.15) is 61.8 Å². The van der Waals surface area contributed by atoms with Gasteiger partial charge in [-0.15, -0.1) is 0 Å². The number of carbonyl (C=O) groups excluding carboxylic acids is 1. The number of benzene rings is 2. The van der Waals surface area contributed by atoms with Gasteiger partial charge < -0.3 is 10.8 Å². The molecular weight excluding hydrogens is 362 g/mol. The molecule has 0 atom stereocenters. The van der Waals surface area contributed by atoms with Gasteiger partial charge in [0.1, 0.15) is 0 Å². The standard InChI is InChI=1S/C21H25NO4S/c1-12(2)17-9-16(15-7-5-6-14(8-15)11-23)10-18(13(3)4)19(17)20(21(22)24)27(25)26/h5-10,12-13,23H,11H2,1-4H3,(H2,22,24). The first kappa shape index (κ1) is 20.9. The van der Waals surface area contributed by atoms with E-state index in [0.717, 1.165) is 27.8 Å². The highest BCUT2D eigenvalue weighted by molar-refractivity contribution is 7.75. The summed E-state index contributed by atoms with van der Waals surface area (Å²) in [5.41, 5.74) is 9.92. The van der Waals surface area contributed by atoms with Gasteiger partial charge in [-0.25, -0.2) is 0 Å². The second-order valence-corrected chi connectivity index (χ2v) is 8.00. The number of amides is 1. The van der Waals surface area contributed by atoms with Crippen LogP contribution in [0.2, 0.25) is 0 Å². The van der Waals surface area contributed by atoms with Crippen molar-refractivity contribution in [2.75, 3.05) is 0 Å². The van der Waals surface area contributed by atoms with Crippen molar-refractivity contribution in [1.82, 2.24) is 0 Å². The van der Waals surface area contributed by atoms with Gasteiger partial charge >= 0.3 is 0 Å². The predicted molar refractivity (Wildman–Crippen MR) is 108 cm³/mol. The van der Waals surface area contributed by atoms with Gasteiger partial charge in [0.15, 0.2) is 4.86 Å². The highest BCUT2D eigenvalue weighted by Crippen LogP contribution is 2.34. The first-order chi connectivity index (χ1) is 12.7. The summed E-state index contributed by atoms with van der Waals surface area (Å²) in [6, 6.07) is 11.3. The molecule has 0 spiro atoms. The predicted octanol–water partition coefficient (Wildman–Crippen LogP) is 2.98. The van der Waals surface area contributed by atoms with E-state index in [-0.39, 0.29) is 23.3 Å². The van der Waals surface area contributed by atoms with Crippen LogP contribution in [0, 0.1) is 0 Å². The minimum atomic E-state index is -2.74. The molecule has 0 aliphatic heterocycles. The van der Waals surface area contributed by atoms with Crippen molar-refractivity contribution in [1.29, 1.82) is 0 Å². The molecular formula is C21H25NO4S. The van der Waals surface area contributed by atoms with Crippen LogP contribution in [-0.4, -0.2) is 24.3 Å². The summed E-state index contributed by atoms with van der Waals surface area (Å²) >= 11 is 0. The zero-order valence-corrected chi connectivity index (χ0v) is 16.8. The van der Waals surface area contributed by atoms with E-state index in [0.29, 0.717) is 5.56 Å². The summed E-state index contributed by atoms with van der Waals surface area (Å²) in [5.74, 6) is -0.991. The van der Waals surface area contributed by atoms with E-state index in [4.69, 9.17) is 5.73 Å². The van der Waals surface area contributed by atoms with Crippen molar-refractivity contribution < 1.29 is 18.3 Å². The number of carbonyl (C=O) groups is 1. The summed E-state index contributed by atoms with van der Waals surface area (Å²) in [6.07, 6.45) is 0. The van der Waals surface area contributed by atoms with Crippen LogP contribution in [-0.2, 0) is 21.7 Å². The summed E-state index contributed by atoms with van der Waals surface area (Å²) < 4.78 is 23.5. The van der Waals surface area contributed by atoms with Crippen LogP contribution >= 0.6 is 0 Å². The maximum Gasteiger partial charge on any atom is 0.265 e. The van der Waals surface area contributed by atoms with Gasteiger partial charge in [0.05, 0.1) is 6.61 Å². The van der Waals surface area contributed by atoms with Gasteiger partial charge in [-0.05, 0) is 45.7 Å². The van der Waals surface area contributed by atoms with Crippen molar-refractivity contribution >= 4 is 21.1 Å². The number of aliphatic hydroxyl groups excluding tert-OH is 1. The molecule has 3 N–H and O–H groups in total. The van der Waals surface area contributed by atoms with E-state index >= 15 is 0 Å². The summed E-state index contributed by atoms with van der Waals surface area (Å²) in [5, 5.41) is 9.41. The molecule has 144 valence electrons. The van der Waals surface area contributed by atoms with Crippen molar-refractivity contribution in [2.45, 2.75) is 46.1 Å². The van der Waals surface area contributed by atoms with Crippen molar-refractivity contribution in [2.24, 2.45) is 5.73 Å². The summed E-state index contributed by atoms with van der Waals surface area (Å²) in [6.45, 7) is 7.73. The van der Waals surface area contributed by atoms with Gasteiger partial charge in [0.2, 0.25) is 10.3 Å². The Morgan fingerprint density at radius 2 is 1.56 bits per heavy atom. The molecule has 0 aliphatic rings. The number of nitrogens with two attached hydrogens (primary N) is 1. The lowest BCUT2D eigenvalue weighted by Crippen LogP contribution is -2.28. The maximum absolute atomic E-state index is 11.9. The zero-order chi connectivity index (χ0) is 20.3. The second kappa shape index (κ2) is 8.50. The van der Waals surface area contributed by atoms with Gasteiger partial charge in [-0.2, -0.15) is 8.42 Å². The molecule has 0 unspecified atom stereocenters. The molecule has 5 nitrogen and oxygen atoms in total. The summed E-state index contributed by atoms with van der Waals surface area (Å²) in [4.78, 5) is 11.5. The molecule has 0 aromatic heterocycles. The minimum Gasteiger partial charge on any atom is -0.392 e. The Morgan fingerprint density at radius 3 is 1.96 bits per heavy atom. The van der Waals surface area contributed by atoms with Gasteiger partial charge in [-0.1, -0.05) is 58.0 Å². The van der Waals surface area contributed by atoms with E-state index < -0.39 is 16.2 Å². The van der Waals surface area contributed by atoms with Crippen LogP contribution < -0.4 is 5.73 Å². The Balaban J connectivity index is 2.91. The largest absolute Gasteiger partial charge is 0.392 e. The normalized spacial score (nSPS) is 11.1. The molecule has 0 heterocycles. The van der Waals surface area contributed by atoms with Crippen LogP contribution in [0.3, 0.4) is 0 Å². The van der Waals surface area contributed by atoms with Crippen LogP contribution in [0.4, 0.5) is 0 Å². The molecule has 0 bridgehead atoms. The van der Waals surface area contributed by atoms with E-state index in [1.165, 1.54) is 0 Å². The van der Waals surface area contributed by atoms with E-state index in [9.17, 15) is 18.3 Å². The molecule has 0 aliphatic carbocycles. The van der Waals surface area contributed by atoms with Crippen LogP contribution in [0.15, 0.2) is 36.4 Å². The lowest BCUT2D eigenvalue weighted by molar-refractivity contribution is -0.111. The minimum absolute atomic E-state index is 0.0172. The highest BCUT2D eigenvalue weighted by atomic mass is 32.2. The first-order valence-corrected chi connectivity index (χ1v) is 9.89. The third kappa shape index (κ3) is 4.46. The SMILES string of the molecule is CC(C)c1cc(-c2cccc(CO)c2)cc(C(C)C)c1C(C(N)=O)=S(=O)=O. The smallest absolute Gasteiger partial charge is 0.265 e. The van der Waals surface area contributed by atoms with Gasteiger partial charge in [-0.3, -0.25) is 4.79 Å². The lowest BCUT2D eigenvalue weighted by atomic mass is 9.83.